The van der Waals surface area contributed by atoms with E-state index < -0.39 is 5.63 Å². The molecular weight excluding hydrogens is 117 g/mol. The molecule has 0 aliphatic carbocycles. The van der Waals surface area contributed by atoms with E-state index in [-0.39, 0.29) is 29.6 Å². The van der Waals surface area contributed by atoms with E-state index in [1.54, 1.807) is 0 Å². The fourth-order valence-corrected chi connectivity index (χ4v) is 0. The van der Waals surface area contributed by atoms with E-state index >= 15 is 0 Å². The second-order valence-corrected chi connectivity index (χ2v) is 0.802. The monoisotopic (exact) mass is 119 g/mol. The number of halogens is 2. The predicted octanol–water partition coefficient (Wildman–Crippen LogP) is -0.0180. The van der Waals surface area contributed by atoms with Crippen LogP contribution in [0.4, 0.5) is 4.39 Å². The van der Waals surface area contributed by atoms with E-state index in [4.69, 9.17) is 4.79 Å². The van der Waals surface area contributed by atoms with Gasteiger partial charge in [-0.05, 0) is 0 Å². The first-order valence-electron chi connectivity index (χ1n) is 0.929. The summed E-state index contributed by atoms with van der Waals surface area (Å²) >= 11 is 4.37. The van der Waals surface area contributed by atoms with E-state index in [2.05, 4.69) is 11.6 Å². The quantitative estimate of drug-likeness (QED) is 0.350. The third-order valence-electron chi connectivity index (χ3n) is 0.0891. The zero-order valence-corrected chi connectivity index (χ0v) is 3.00. The Balaban J connectivity index is 0. The summed E-state index contributed by atoms with van der Waals surface area (Å²) in [5.41, 5.74) is -1.95. The van der Waals surface area contributed by atoms with E-state index in [0.29, 0.717) is 0 Å². The number of rotatable bonds is 1. The van der Waals surface area contributed by atoms with Crippen molar-refractivity contribution in [1.29, 1.82) is 0 Å². The molecule has 0 rings (SSSR count). The molecule has 0 aliphatic rings. The van der Waals surface area contributed by atoms with E-state index in [9.17, 15) is 4.39 Å². The van der Waals surface area contributed by atoms with Crippen molar-refractivity contribution in [1.82, 2.24) is 0 Å². The van der Waals surface area contributed by atoms with Crippen LogP contribution in [-0.2, 0) is 4.79 Å². The van der Waals surface area contributed by atoms with Gasteiger partial charge in [0.05, 0.1) is 0 Å². The van der Waals surface area contributed by atoms with Gasteiger partial charge in [0.15, 0.2) is 0 Å². The summed E-state index contributed by atoms with van der Waals surface area (Å²) in [6.45, 7) is 0. The first-order valence-corrected chi connectivity index (χ1v) is 1.37. The fraction of sp³-hybridized carbons (Fsp3) is 0.500. The van der Waals surface area contributed by atoms with Gasteiger partial charge < -0.3 is 0 Å². The third kappa shape index (κ3) is 8.86. The Bertz CT molecular complexity index is 40.5. The molecule has 0 heterocycles. The Morgan fingerprint density at radius 3 is 2.00 bits per heavy atom. The average molecular weight is 119 g/mol. The van der Waals surface area contributed by atoms with Gasteiger partial charge in [0, 0.05) is 0 Å². The number of alkyl halides is 2. The van der Waals surface area contributed by atoms with Crippen LogP contribution in [0.15, 0.2) is 0 Å². The molecule has 4 heteroatoms. The molecule has 0 spiro atoms. The molecule has 31 valence electrons. The number of hydrogen-bond donors (Lipinski definition) is 0. The summed E-state index contributed by atoms with van der Waals surface area (Å²) in [6, 6.07) is 0. The number of hydrogen-bond acceptors (Lipinski definition) is 1. The Kier molecular flexibility index (Phi) is 9.81. The second-order valence-electron chi connectivity index (χ2n) is 0.419. The van der Waals surface area contributed by atoms with Crippen LogP contribution >= 0.6 is 11.6 Å². The van der Waals surface area contributed by atoms with Gasteiger partial charge in [0.2, 0.25) is 5.63 Å². The predicted molar refractivity (Wildman–Crippen MR) is 23.6 cm³/mol. The molecule has 0 aromatic rings. The summed E-state index contributed by atoms with van der Waals surface area (Å²) in [7, 11) is 0. The van der Waals surface area contributed by atoms with Gasteiger partial charge in [-0.25, -0.2) is 4.39 Å². The first-order chi connectivity index (χ1) is 2.27. The maximum atomic E-state index is 10.8. The van der Waals surface area contributed by atoms with Gasteiger partial charge in [-0.3, -0.25) is 4.79 Å². The average Bonchev–Trinajstić information content (AvgIpc) is 1.38. The summed E-state index contributed by atoms with van der Waals surface area (Å²) < 4.78 is 10.8. The molecule has 0 saturated heterocycles. The third-order valence-corrected chi connectivity index (χ3v) is 0.178. The second kappa shape index (κ2) is 5.89. The van der Waals surface area contributed by atoms with Gasteiger partial charge in [0.25, 0.3) is 6.29 Å². The van der Waals surface area contributed by atoms with Gasteiger partial charge in [-0.15, -0.1) is 0 Å². The Morgan fingerprint density at radius 1 is 1.83 bits per heavy atom. The molecule has 1 atom stereocenters. The van der Waals surface area contributed by atoms with Crippen molar-refractivity contribution in [3.8, 4) is 0 Å². The summed E-state index contributed by atoms with van der Waals surface area (Å²) in [5.74, 6) is 0. The maximum absolute atomic E-state index is 10.8. The topological polar surface area (TPSA) is 17.1 Å². The van der Waals surface area contributed by atoms with Crippen LogP contribution in [-0.4, -0.2) is 41.5 Å². The van der Waals surface area contributed by atoms with Crippen LogP contribution < -0.4 is 0 Å². The van der Waals surface area contributed by atoms with Crippen LogP contribution in [0.2, 0.25) is 0 Å². The fourth-order valence-electron chi connectivity index (χ4n) is 0. The van der Waals surface area contributed by atoms with Crippen molar-refractivity contribution in [3.63, 3.8) is 0 Å². The van der Waals surface area contributed by atoms with Gasteiger partial charge in [-0.1, -0.05) is 11.6 Å². The van der Waals surface area contributed by atoms with E-state index in [1.165, 1.54) is 0 Å². The molecule has 0 aromatic heterocycles. The number of carbonyl (C=O) groups excluding carboxylic acids is 1. The standard InChI is InChI=1S/C2HClFO.Na.H/c3-2(4)1-5;;/h2H;;. The summed E-state index contributed by atoms with van der Waals surface area (Å²) in [6.07, 6.45) is 0.877. The Labute approximate surface area is 62.1 Å². The SMILES string of the molecule is O=[C]C(F)Cl.[NaH]. The van der Waals surface area contributed by atoms with Crippen LogP contribution in [0.25, 0.3) is 0 Å². The Morgan fingerprint density at radius 2 is 2.00 bits per heavy atom. The summed E-state index contributed by atoms with van der Waals surface area (Å²) in [5, 5.41) is 0. The molecular formula is C2H2ClFNaO. The van der Waals surface area contributed by atoms with Gasteiger partial charge in [0.1, 0.15) is 0 Å². The first kappa shape index (κ1) is 10.00. The van der Waals surface area contributed by atoms with Crippen molar-refractivity contribution in [2.24, 2.45) is 0 Å². The minimum atomic E-state index is -1.95. The zero-order valence-electron chi connectivity index (χ0n) is 2.24. The van der Waals surface area contributed by atoms with Crippen molar-refractivity contribution >= 4 is 47.4 Å². The normalized spacial score (nSPS) is 11.7. The molecule has 0 fully saturated rings. The Hall–Kier alpha value is 0.890. The van der Waals surface area contributed by atoms with Crippen LogP contribution in [0.1, 0.15) is 0 Å². The van der Waals surface area contributed by atoms with Gasteiger partial charge >= 0.3 is 29.6 Å². The molecule has 1 nitrogen and oxygen atoms in total. The summed E-state index contributed by atoms with van der Waals surface area (Å²) in [4.78, 5) is 8.87. The van der Waals surface area contributed by atoms with E-state index in [0.717, 1.165) is 6.29 Å². The molecule has 0 amide bonds. The molecule has 1 radical (unpaired) electrons. The molecule has 0 saturated carbocycles. The molecule has 0 N–H and O–H groups in total. The van der Waals surface area contributed by atoms with Crippen molar-refractivity contribution in [3.05, 3.63) is 0 Å². The minimum absolute atomic E-state index is 0. The van der Waals surface area contributed by atoms with Crippen molar-refractivity contribution in [2.45, 2.75) is 5.63 Å². The molecule has 0 bridgehead atoms. The van der Waals surface area contributed by atoms with Gasteiger partial charge in [-0.2, -0.15) is 0 Å². The van der Waals surface area contributed by atoms with Crippen molar-refractivity contribution < 1.29 is 9.18 Å². The van der Waals surface area contributed by atoms with Crippen molar-refractivity contribution in [2.75, 3.05) is 0 Å². The molecule has 0 aromatic carbocycles. The van der Waals surface area contributed by atoms with Crippen LogP contribution in [0, 0.1) is 0 Å². The molecule has 1 unspecified atom stereocenters. The zero-order chi connectivity index (χ0) is 4.28. The van der Waals surface area contributed by atoms with E-state index in [1.807, 2.05) is 0 Å². The van der Waals surface area contributed by atoms with Crippen LogP contribution in [0.3, 0.4) is 0 Å². The van der Waals surface area contributed by atoms with Crippen LogP contribution in [0.5, 0.6) is 0 Å². The molecule has 6 heavy (non-hydrogen) atoms. The molecule has 0 aliphatic heterocycles.